The quantitative estimate of drug-likeness (QED) is 0.143. The van der Waals surface area contributed by atoms with Gasteiger partial charge in [0.15, 0.2) is 0 Å². The first kappa shape index (κ1) is 28.9. The Morgan fingerprint density at radius 2 is 0.846 bits per heavy atom. The SMILES string of the molecule is C[P@](=O)(c1ccccc1)c1ccccc1OCCCOCCCOc1ccccc1[P@](C)(=O)c1ccccc1. The highest BCUT2D eigenvalue weighted by Gasteiger charge is 2.25. The van der Waals surface area contributed by atoms with Crippen molar-refractivity contribution >= 4 is 35.5 Å². The summed E-state index contributed by atoms with van der Waals surface area (Å²) in [5.74, 6) is 1.31. The molecule has 0 aliphatic carbocycles. The predicted molar refractivity (Wildman–Crippen MR) is 162 cm³/mol. The molecular weight excluding hydrogens is 526 g/mol. The van der Waals surface area contributed by atoms with Gasteiger partial charge in [0, 0.05) is 36.7 Å². The molecule has 0 bridgehead atoms. The molecule has 0 aliphatic rings. The topological polar surface area (TPSA) is 61.8 Å². The number of para-hydroxylation sites is 2. The number of hydrogen-bond donors (Lipinski definition) is 0. The summed E-state index contributed by atoms with van der Waals surface area (Å²) in [7, 11) is -5.51. The summed E-state index contributed by atoms with van der Waals surface area (Å²) in [5.41, 5.74) is 0. The Morgan fingerprint density at radius 3 is 1.26 bits per heavy atom. The van der Waals surface area contributed by atoms with Crippen molar-refractivity contribution in [3.63, 3.8) is 0 Å². The summed E-state index contributed by atoms with van der Waals surface area (Å²) in [4.78, 5) is 0. The van der Waals surface area contributed by atoms with E-state index in [0.717, 1.165) is 21.2 Å². The van der Waals surface area contributed by atoms with Gasteiger partial charge in [-0.2, -0.15) is 0 Å². The van der Waals surface area contributed by atoms with Crippen LogP contribution in [0.4, 0.5) is 0 Å². The second-order valence-electron chi connectivity index (χ2n) is 9.47. The standard InChI is InChI=1S/C32H36O5P2/c1-38(33,27-15-5-3-6-16-27)31-21-11-9-19-29(31)36-25-13-23-35-24-14-26-37-30-20-10-12-22-32(30)39(2,34)28-17-7-4-8-18-28/h3-12,15-22H,13-14,23-26H2,1-2H3/t38-,39+. The molecule has 4 rings (SSSR count). The first-order chi connectivity index (χ1) is 18.9. The Kier molecular flexibility index (Phi) is 10.2. The Bertz CT molecular complexity index is 1310. The molecule has 0 radical (unpaired) electrons. The minimum Gasteiger partial charge on any atom is -0.493 e. The van der Waals surface area contributed by atoms with Gasteiger partial charge in [-0.25, -0.2) is 0 Å². The molecule has 7 heteroatoms. The molecule has 0 unspecified atom stereocenters. The van der Waals surface area contributed by atoms with E-state index in [1.54, 1.807) is 13.3 Å². The van der Waals surface area contributed by atoms with Crippen LogP contribution in [0.3, 0.4) is 0 Å². The highest BCUT2D eigenvalue weighted by Crippen LogP contribution is 2.42. The molecule has 0 aliphatic heterocycles. The van der Waals surface area contributed by atoms with Crippen LogP contribution in [-0.2, 0) is 13.9 Å². The summed E-state index contributed by atoms with van der Waals surface area (Å²) in [5, 5.41) is 3.10. The van der Waals surface area contributed by atoms with Crippen molar-refractivity contribution in [1.29, 1.82) is 0 Å². The van der Waals surface area contributed by atoms with Crippen molar-refractivity contribution in [3.8, 4) is 11.5 Å². The third-order valence-electron chi connectivity index (χ3n) is 6.53. The molecule has 0 saturated heterocycles. The zero-order valence-electron chi connectivity index (χ0n) is 22.6. The molecule has 0 fully saturated rings. The molecule has 2 atom stereocenters. The Morgan fingerprint density at radius 1 is 0.487 bits per heavy atom. The van der Waals surface area contributed by atoms with Crippen molar-refractivity contribution < 1.29 is 23.3 Å². The van der Waals surface area contributed by atoms with Crippen LogP contribution < -0.4 is 30.7 Å². The van der Waals surface area contributed by atoms with Crippen molar-refractivity contribution in [2.45, 2.75) is 12.8 Å². The summed E-state index contributed by atoms with van der Waals surface area (Å²) < 4.78 is 45.0. The number of rotatable bonds is 14. The molecule has 0 N–H and O–H groups in total. The highest BCUT2D eigenvalue weighted by atomic mass is 31.2. The second kappa shape index (κ2) is 13.8. The van der Waals surface area contributed by atoms with Crippen molar-refractivity contribution in [2.75, 3.05) is 39.8 Å². The van der Waals surface area contributed by atoms with E-state index in [0.29, 0.717) is 50.8 Å². The largest absolute Gasteiger partial charge is 0.493 e. The predicted octanol–water partition coefficient (Wildman–Crippen LogP) is 5.83. The van der Waals surface area contributed by atoms with Gasteiger partial charge in [-0.05, 0) is 37.6 Å². The average molecular weight is 563 g/mol. The minimum absolute atomic E-state index is 0.473. The lowest BCUT2D eigenvalue weighted by molar-refractivity contribution is 0.107. The van der Waals surface area contributed by atoms with Crippen molar-refractivity contribution in [1.82, 2.24) is 0 Å². The van der Waals surface area contributed by atoms with Crippen molar-refractivity contribution in [2.24, 2.45) is 0 Å². The monoisotopic (exact) mass is 562 g/mol. The Labute approximate surface area is 231 Å². The van der Waals surface area contributed by atoms with Crippen LogP contribution in [0.15, 0.2) is 109 Å². The normalized spacial score (nSPS) is 14.2. The molecule has 4 aromatic carbocycles. The van der Waals surface area contributed by atoms with E-state index in [1.807, 2.05) is 109 Å². The summed E-state index contributed by atoms with van der Waals surface area (Å²) in [6.45, 7) is 5.63. The molecule has 0 spiro atoms. The minimum atomic E-state index is -2.75. The zero-order valence-corrected chi connectivity index (χ0v) is 24.4. The third-order valence-corrected chi connectivity index (χ3v) is 11.7. The first-order valence-corrected chi connectivity index (χ1v) is 17.5. The van der Waals surface area contributed by atoms with E-state index < -0.39 is 14.3 Å². The van der Waals surface area contributed by atoms with Crippen molar-refractivity contribution in [3.05, 3.63) is 109 Å². The van der Waals surface area contributed by atoms with Gasteiger partial charge in [-0.3, -0.25) is 0 Å². The van der Waals surface area contributed by atoms with E-state index >= 15 is 0 Å². The lowest BCUT2D eigenvalue weighted by Gasteiger charge is -2.18. The summed E-state index contributed by atoms with van der Waals surface area (Å²) in [6.07, 6.45) is 1.43. The fourth-order valence-electron chi connectivity index (χ4n) is 4.35. The molecule has 204 valence electrons. The van der Waals surface area contributed by atoms with Gasteiger partial charge in [-0.15, -0.1) is 0 Å². The Balaban J connectivity index is 1.19. The third kappa shape index (κ3) is 7.51. The maximum atomic E-state index is 13.6. The van der Waals surface area contributed by atoms with Gasteiger partial charge in [0.25, 0.3) is 0 Å². The fourth-order valence-corrected chi connectivity index (χ4v) is 8.25. The van der Waals surface area contributed by atoms with Crippen LogP contribution in [0, 0.1) is 0 Å². The van der Waals surface area contributed by atoms with Gasteiger partial charge in [-0.1, -0.05) is 84.9 Å². The summed E-state index contributed by atoms with van der Waals surface area (Å²) in [6, 6.07) is 34.2. The zero-order chi connectivity index (χ0) is 27.6. The number of benzene rings is 4. The van der Waals surface area contributed by atoms with Crippen LogP contribution in [-0.4, -0.2) is 39.8 Å². The first-order valence-electron chi connectivity index (χ1n) is 13.2. The number of hydrogen-bond acceptors (Lipinski definition) is 5. The average Bonchev–Trinajstić information content (AvgIpc) is 2.97. The van der Waals surface area contributed by atoms with Gasteiger partial charge in [0.2, 0.25) is 0 Å². The molecule has 4 aromatic rings. The van der Waals surface area contributed by atoms with E-state index in [4.69, 9.17) is 14.2 Å². The summed E-state index contributed by atoms with van der Waals surface area (Å²) >= 11 is 0. The molecular formula is C32H36O5P2. The van der Waals surface area contributed by atoms with E-state index in [1.165, 1.54) is 0 Å². The van der Waals surface area contributed by atoms with Crippen LogP contribution in [0.1, 0.15) is 12.8 Å². The molecule has 39 heavy (non-hydrogen) atoms. The maximum absolute atomic E-state index is 13.6. The highest BCUT2D eigenvalue weighted by molar-refractivity contribution is 7.78. The fraction of sp³-hybridized carbons (Fsp3) is 0.250. The Hall–Kier alpha value is -3.10. The molecule has 5 nitrogen and oxygen atoms in total. The molecule has 0 heterocycles. The second-order valence-corrected chi connectivity index (χ2v) is 15.2. The lowest BCUT2D eigenvalue weighted by Crippen LogP contribution is -2.18. The smallest absolute Gasteiger partial charge is 0.143 e. The van der Waals surface area contributed by atoms with Crippen LogP contribution in [0.25, 0.3) is 0 Å². The molecule has 0 amide bonds. The molecule has 0 saturated carbocycles. The van der Waals surface area contributed by atoms with E-state index in [-0.39, 0.29) is 0 Å². The van der Waals surface area contributed by atoms with Crippen LogP contribution in [0.2, 0.25) is 0 Å². The van der Waals surface area contributed by atoms with Gasteiger partial charge >= 0.3 is 0 Å². The maximum Gasteiger partial charge on any atom is 0.143 e. The van der Waals surface area contributed by atoms with Crippen LogP contribution in [0.5, 0.6) is 11.5 Å². The lowest BCUT2D eigenvalue weighted by atomic mass is 10.3. The van der Waals surface area contributed by atoms with Gasteiger partial charge in [0.05, 0.1) is 23.8 Å². The van der Waals surface area contributed by atoms with Gasteiger partial charge < -0.3 is 23.3 Å². The van der Waals surface area contributed by atoms with E-state index in [9.17, 15) is 9.13 Å². The van der Waals surface area contributed by atoms with E-state index in [2.05, 4.69) is 0 Å². The van der Waals surface area contributed by atoms with Crippen LogP contribution >= 0.6 is 14.3 Å². The number of ether oxygens (including phenoxy) is 3. The molecule has 0 aromatic heterocycles. The van der Waals surface area contributed by atoms with Gasteiger partial charge in [0.1, 0.15) is 25.8 Å².